The van der Waals surface area contributed by atoms with Crippen molar-refractivity contribution in [2.45, 2.75) is 37.4 Å². The summed E-state index contributed by atoms with van der Waals surface area (Å²) in [7, 11) is 0. The summed E-state index contributed by atoms with van der Waals surface area (Å²) in [5.74, 6) is 2.33. The van der Waals surface area contributed by atoms with Crippen molar-refractivity contribution in [3.63, 3.8) is 0 Å². The van der Waals surface area contributed by atoms with E-state index in [0.717, 1.165) is 18.9 Å². The van der Waals surface area contributed by atoms with Gasteiger partial charge in [-0.3, -0.25) is 0 Å². The minimum absolute atomic E-state index is 0.697. The van der Waals surface area contributed by atoms with E-state index in [-0.39, 0.29) is 0 Å². The highest BCUT2D eigenvalue weighted by Gasteiger charge is 2.15. The van der Waals surface area contributed by atoms with Crippen LogP contribution in [0.2, 0.25) is 0 Å². The van der Waals surface area contributed by atoms with Crippen molar-refractivity contribution in [2.24, 2.45) is 0 Å². The van der Waals surface area contributed by atoms with Gasteiger partial charge in [0.2, 0.25) is 0 Å². The normalized spacial score (nSPS) is 23.0. The number of anilines is 1. The molecule has 18 heavy (non-hydrogen) atoms. The third-order valence-electron chi connectivity index (χ3n) is 3.73. The Morgan fingerprint density at radius 1 is 1.28 bits per heavy atom. The van der Waals surface area contributed by atoms with Crippen LogP contribution in [0.5, 0.6) is 5.75 Å². The SMILES string of the molecule is c1cc2c(cc1OCC1CCCCS1)NCCC2. The number of ether oxygens (including phenoxy) is 1. The molecule has 2 nitrogen and oxygen atoms in total. The first-order chi connectivity index (χ1) is 8.92. The molecule has 1 atom stereocenters. The predicted molar refractivity (Wildman–Crippen MR) is 78.8 cm³/mol. The fourth-order valence-electron chi connectivity index (χ4n) is 2.66. The van der Waals surface area contributed by atoms with Crippen LogP contribution in [0.4, 0.5) is 5.69 Å². The molecule has 0 saturated carbocycles. The largest absolute Gasteiger partial charge is 0.492 e. The molecule has 0 aliphatic carbocycles. The summed E-state index contributed by atoms with van der Waals surface area (Å²) in [5, 5.41) is 4.15. The maximum atomic E-state index is 5.95. The highest BCUT2D eigenvalue weighted by atomic mass is 32.2. The van der Waals surface area contributed by atoms with Crippen molar-refractivity contribution >= 4 is 17.4 Å². The molecule has 0 bridgehead atoms. The molecule has 2 aliphatic heterocycles. The third-order valence-corrected chi connectivity index (χ3v) is 5.10. The van der Waals surface area contributed by atoms with Crippen molar-refractivity contribution in [1.82, 2.24) is 0 Å². The Kier molecular flexibility index (Phi) is 3.99. The predicted octanol–water partition coefficient (Wildman–Crippen LogP) is 3.71. The molecule has 0 radical (unpaired) electrons. The van der Waals surface area contributed by atoms with Crippen LogP contribution in [0.1, 0.15) is 31.2 Å². The molecule has 98 valence electrons. The second-order valence-corrected chi connectivity index (χ2v) is 6.56. The molecule has 1 saturated heterocycles. The number of thioether (sulfide) groups is 1. The molecule has 1 aromatic rings. The van der Waals surface area contributed by atoms with Crippen LogP contribution >= 0.6 is 11.8 Å². The van der Waals surface area contributed by atoms with E-state index in [4.69, 9.17) is 4.74 Å². The molecule has 2 aliphatic rings. The lowest BCUT2D eigenvalue weighted by Gasteiger charge is -2.22. The Hall–Kier alpha value is -0.830. The van der Waals surface area contributed by atoms with Gasteiger partial charge in [-0.2, -0.15) is 11.8 Å². The van der Waals surface area contributed by atoms with Gasteiger partial charge in [0, 0.05) is 23.5 Å². The highest BCUT2D eigenvalue weighted by Crippen LogP contribution is 2.29. The maximum absolute atomic E-state index is 5.95. The average molecular weight is 263 g/mol. The minimum Gasteiger partial charge on any atom is -0.492 e. The summed E-state index contributed by atoms with van der Waals surface area (Å²) in [5.41, 5.74) is 2.70. The van der Waals surface area contributed by atoms with Gasteiger partial charge in [0.15, 0.2) is 0 Å². The molecule has 1 unspecified atom stereocenters. The first kappa shape index (κ1) is 12.2. The zero-order chi connectivity index (χ0) is 12.2. The summed E-state index contributed by atoms with van der Waals surface area (Å²) >= 11 is 2.07. The van der Waals surface area contributed by atoms with Crippen LogP contribution in [0.15, 0.2) is 18.2 Å². The van der Waals surface area contributed by atoms with Gasteiger partial charge in [-0.25, -0.2) is 0 Å². The average Bonchev–Trinajstić information content (AvgIpc) is 2.46. The quantitative estimate of drug-likeness (QED) is 0.898. The van der Waals surface area contributed by atoms with Crippen molar-refractivity contribution in [3.05, 3.63) is 23.8 Å². The summed E-state index contributed by atoms with van der Waals surface area (Å²) < 4.78 is 5.95. The molecule has 3 rings (SSSR count). The van der Waals surface area contributed by atoms with Gasteiger partial charge in [-0.15, -0.1) is 0 Å². The van der Waals surface area contributed by atoms with Gasteiger partial charge in [0.05, 0.1) is 0 Å². The van der Waals surface area contributed by atoms with Crippen molar-refractivity contribution < 1.29 is 4.74 Å². The lowest BCUT2D eigenvalue weighted by molar-refractivity contribution is 0.309. The van der Waals surface area contributed by atoms with Gasteiger partial charge >= 0.3 is 0 Å². The second-order valence-electron chi connectivity index (χ2n) is 5.15. The molecule has 0 aromatic heterocycles. The third kappa shape index (κ3) is 2.94. The van der Waals surface area contributed by atoms with E-state index in [1.54, 1.807) is 0 Å². The van der Waals surface area contributed by atoms with Gasteiger partial charge in [0.25, 0.3) is 0 Å². The Morgan fingerprint density at radius 2 is 2.28 bits per heavy atom. The number of aryl methyl sites for hydroxylation is 1. The van der Waals surface area contributed by atoms with E-state index in [0.29, 0.717) is 5.25 Å². The molecular formula is C15H21NOS. The summed E-state index contributed by atoms with van der Waals surface area (Å²) in [6, 6.07) is 6.51. The Bertz CT molecular complexity index is 401. The molecular weight excluding hydrogens is 242 g/mol. The van der Waals surface area contributed by atoms with Crippen LogP contribution in [0.25, 0.3) is 0 Å². The van der Waals surface area contributed by atoms with E-state index in [1.807, 2.05) is 0 Å². The van der Waals surface area contributed by atoms with Crippen molar-refractivity contribution in [3.8, 4) is 5.75 Å². The van der Waals surface area contributed by atoms with E-state index in [2.05, 4.69) is 35.3 Å². The number of fused-ring (bicyclic) bond motifs is 1. The number of rotatable bonds is 3. The van der Waals surface area contributed by atoms with Gasteiger partial charge < -0.3 is 10.1 Å². The number of hydrogen-bond acceptors (Lipinski definition) is 3. The fraction of sp³-hybridized carbons (Fsp3) is 0.600. The van der Waals surface area contributed by atoms with Crippen molar-refractivity contribution in [1.29, 1.82) is 0 Å². The van der Waals surface area contributed by atoms with E-state index >= 15 is 0 Å². The standard InChI is InChI=1S/C15H21NOS/c1-2-9-18-14(5-1)11-17-13-7-6-12-4-3-8-16-15(12)10-13/h6-7,10,14,16H,1-5,8-9,11H2. The molecule has 0 amide bonds. The topological polar surface area (TPSA) is 21.3 Å². The van der Waals surface area contributed by atoms with Gasteiger partial charge in [-0.1, -0.05) is 12.5 Å². The first-order valence-electron chi connectivity index (χ1n) is 7.03. The zero-order valence-electron chi connectivity index (χ0n) is 10.8. The minimum atomic E-state index is 0.697. The van der Waals surface area contributed by atoms with E-state index in [1.165, 1.54) is 49.1 Å². The Morgan fingerprint density at radius 3 is 3.17 bits per heavy atom. The van der Waals surface area contributed by atoms with E-state index in [9.17, 15) is 0 Å². The highest BCUT2D eigenvalue weighted by molar-refractivity contribution is 7.99. The van der Waals surface area contributed by atoms with Crippen molar-refractivity contribution in [2.75, 3.05) is 24.2 Å². The molecule has 2 heterocycles. The van der Waals surface area contributed by atoms with Gasteiger partial charge in [0.1, 0.15) is 12.4 Å². The second kappa shape index (κ2) is 5.87. The fourth-order valence-corrected chi connectivity index (χ4v) is 3.86. The molecule has 1 fully saturated rings. The Labute approximate surface area is 113 Å². The number of hydrogen-bond donors (Lipinski definition) is 1. The lowest BCUT2D eigenvalue weighted by Crippen LogP contribution is -2.18. The molecule has 0 spiro atoms. The van der Waals surface area contributed by atoms with Crippen LogP contribution in [0.3, 0.4) is 0 Å². The molecule has 1 aromatic carbocycles. The smallest absolute Gasteiger partial charge is 0.121 e. The van der Waals surface area contributed by atoms with Crippen LogP contribution in [0, 0.1) is 0 Å². The Balaban J connectivity index is 1.58. The molecule has 3 heteroatoms. The van der Waals surface area contributed by atoms with Crippen LogP contribution < -0.4 is 10.1 Å². The monoisotopic (exact) mass is 263 g/mol. The number of benzene rings is 1. The lowest BCUT2D eigenvalue weighted by atomic mass is 10.0. The van der Waals surface area contributed by atoms with Crippen LogP contribution in [-0.2, 0) is 6.42 Å². The zero-order valence-corrected chi connectivity index (χ0v) is 11.6. The first-order valence-corrected chi connectivity index (χ1v) is 8.08. The molecule has 1 N–H and O–H groups in total. The maximum Gasteiger partial charge on any atom is 0.121 e. The van der Waals surface area contributed by atoms with Crippen LogP contribution in [-0.4, -0.2) is 24.2 Å². The summed E-state index contributed by atoms with van der Waals surface area (Å²) in [6.07, 6.45) is 6.50. The van der Waals surface area contributed by atoms with Gasteiger partial charge in [-0.05, 0) is 43.1 Å². The number of nitrogens with one attached hydrogen (secondary N) is 1. The summed E-state index contributed by atoms with van der Waals surface area (Å²) in [6.45, 7) is 1.96. The van der Waals surface area contributed by atoms with E-state index < -0.39 is 0 Å². The summed E-state index contributed by atoms with van der Waals surface area (Å²) in [4.78, 5) is 0.